The van der Waals surface area contributed by atoms with Crippen molar-refractivity contribution < 1.29 is 33.7 Å². The maximum absolute atomic E-state index is 14.2. The highest BCUT2D eigenvalue weighted by Gasteiger charge is 2.30. The van der Waals surface area contributed by atoms with E-state index in [0.717, 1.165) is 0 Å². The Morgan fingerprint density at radius 2 is 1.77 bits per heavy atom. The van der Waals surface area contributed by atoms with Gasteiger partial charge in [0.25, 0.3) is 0 Å². The first-order chi connectivity index (χ1) is 14.8. The molecule has 0 amide bonds. The molecule has 31 heavy (non-hydrogen) atoms. The second-order valence-corrected chi connectivity index (χ2v) is 8.00. The van der Waals surface area contributed by atoms with E-state index in [4.69, 9.17) is 14.6 Å². The van der Waals surface area contributed by atoms with Crippen LogP contribution in [0.25, 0.3) is 0 Å². The average Bonchev–Trinajstić information content (AvgIpc) is 2.78. The minimum atomic E-state index is -1.20. The molecule has 1 aliphatic carbocycles. The van der Waals surface area contributed by atoms with E-state index in [9.17, 15) is 19.1 Å². The first-order valence-corrected chi connectivity index (χ1v) is 10.4. The van der Waals surface area contributed by atoms with E-state index in [2.05, 4.69) is 0 Å². The van der Waals surface area contributed by atoms with Gasteiger partial charge in [-0.25, -0.2) is 4.39 Å². The number of carboxylic acid groups (broad SMARTS) is 1. The van der Waals surface area contributed by atoms with Gasteiger partial charge in [0, 0.05) is 0 Å². The Bertz CT molecular complexity index is 935. The van der Waals surface area contributed by atoms with E-state index < -0.39 is 18.0 Å². The van der Waals surface area contributed by atoms with Gasteiger partial charge in [0.05, 0.1) is 25.0 Å². The summed E-state index contributed by atoms with van der Waals surface area (Å²) < 4.78 is 24.9. The molecule has 0 radical (unpaired) electrons. The Morgan fingerprint density at radius 1 is 1.06 bits per heavy atom. The Labute approximate surface area is 180 Å². The maximum atomic E-state index is 14.2. The zero-order valence-electron chi connectivity index (χ0n) is 17.6. The Balaban J connectivity index is 1.61. The number of methoxy groups -OCH3 is 1. The molecule has 1 fully saturated rings. The summed E-state index contributed by atoms with van der Waals surface area (Å²) in [4.78, 5) is 23.7. The summed E-state index contributed by atoms with van der Waals surface area (Å²) in [6, 6.07) is 11.0. The van der Waals surface area contributed by atoms with Gasteiger partial charge in [0.1, 0.15) is 17.3 Å². The van der Waals surface area contributed by atoms with Crippen molar-refractivity contribution in [1.82, 2.24) is 0 Å². The van der Waals surface area contributed by atoms with E-state index in [1.165, 1.54) is 19.1 Å². The fourth-order valence-corrected chi connectivity index (χ4v) is 3.99. The highest BCUT2D eigenvalue weighted by molar-refractivity contribution is 5.75. The molecule has 0 saturated heterocycles. The van der Waals surface area contributed by atoms with Crippen molar-refractivity contribution in [2.75, 3.05) is 7.11 Å². The van der Waals surface area contributed by atoms with Gasteiger partial charge < -0.3 is 19.7 Å². The molecule has 1 saturated carbocycles. The van der Waals surface area contributed by atoms with Crippen LogP contribution in [0.1, 0.15) is 55.8 Å². The Morgan fingerprint density at radius 3 is 2.42 bits per heavy atom. The molecular weight excluding hydrogens is 403 g/mol. The van der Waals surface area contributed by atoms with Gasteiger partial charge in [-0.2, -0.15) is 0 Å². The first kappa shape index (κ1) is 22.7. The first-order valence-electron chi connectivity index (χ1n) is 10.4. The molecule has 2 aromatic rings. The standard InChI is InChI=1S/C24H27FO6/c1-14(23(27)28)22(26)17-4-3-5-19(12-17)31-24(29)16-8-6-15(7-9-16)20-13-18(30-2)10-11-21(20)25/h3-5,10-16,22,26H,6-9H2,1-2H3,(H,27,28)/t14-,15?,16?,22+/m0/s1. The van der Waals surface area contributed by atoms with Gasteiger partial charge in [-0.15, -0.1) is 0 Å². The molecule has 166 valence electrons. The van der Waals surface area contributed by atoms with Crippen LogP contribution in [0, 0.1) is 17.7 Å². The summed E-state index contributed by atoms with van der Waals surface area (Å²) in [5.74, 6) is -2.14. The van der Waals surface area contributed by atoms with Crippen LogP contribution in [0.4, 0.5) is 4.39 Å². The highest BCUT2D eigenvalue weighted by atomic mass is 19.1. The van der Waals surface area contributed by atoms with Crippen LogP contribution in [0.2, 0.25) is 0 Å². The molecule has 2 aromatic carbocycles. The molecule has 6 nitrogen and oxygen atoms in total. The van der Waals surface area contributed by atoms with E-state index in [0.29, 0.717) is 42.6 Å². The minimum Gasteiger partial charge on any atom is -0.497 e. The summed E-state index contributed by atoms with van der Waals surface area (Å²) in [6.07, 6.45) is 1.29. The number of aliphatic hydroxyl groups is 1. The lowest BCUT2D eigenvalue weighted by Gasteiger charge is -2.28. The van der Waals surface area contributed by atoms with Crippen molar-refractivity contribution in [2.24, 2.45) is 11.8 Å². The molecule has 0 aliphatic heterocycles. The molecule has 2 N–H and O–H groups in total. The molecule has 0 spiro atoms. The molecular formula is C24H27FO6. The number of ether oxygens (including phenoxy) is 2. The lowest BCUT2D eigenvalue weighted by Crippen LogP contribution is -2.25. The van der Waals surface area contributed by atoms with Gasteiger partial charge >= 0.3 is 11.9 Å². The van der Waals surface area contributed by atoms with Gasteiger partial charge in [-0.3, -0.25) is 9.59 Å². The minimum absolute atomic E-state index is 0.0233. The average molecular weight is 430 g/mol. The van der Waals surface area contributed by atoms with Crippen LogP contribution in [0.3, 0.4) is 0 Å². The number of benzene rings is 2. The van der Waals surface area contributed by atoms with E-state index in [1.54, 1.807) is 37.4 Å². The van der Waals surface area contributed by atoms with Crippen LogP contribution >= 0.6 is 0 Å². The van der Waals surface area contributed by atoms with Crippen LogP contribution < -0.4 is 9.47 Å². The Hall–Kier alpha value is -2.93. The Kier molecular flexibility index (Phi) is 7.28. The van der Waals surface area contributed by atoms with Gasteiger partial charge in [0.2, 0.25) is 0 Å². The number of hydrogen-bond acceptors (Lipinski definition) is 5. The molecule has 0 unspecified atom stereocenters. The van der Waals surface area contributed by atoms with Crippen molar-refractivity contribution in [1.29, 1.82) is 0 Å². The number of rotatable bonds is 7. The molecule has 1 aliphatic rings. The van der Waals surface area contributed by atoms with Crippen molar-refractivity contribution in [3.63, 3.8) is 0 Å². The molecule has 2 atom stereocenters. The molecule has 0 bridgehead atoms. The number of carbonyl (C=O) groups is 2. The quantitative estimate of drug-likeness (QED) is 0.497. The van der Waals surface area contributed by atoms with E-state index >= 15 is 0 Å². The molecule has 0 aromatic heterocycles. The van der Waals surface area contributed by atoms with Crippen LogP contribution in [-0.2, 0) is 9.59 Å². The van der Waals surface area contributed by atoms with Gasteiger partial charge in [-0.1, -0.05) is 12.1 Å². The summed E-state index contributed by atoms with van der Waals surface area (Å²) in [6.45, 7) is 1.41. The van der Waals surface area contributed by atoms with Crippen molar-refractivity contribution in [3.05, 3.63) is 59.4 Å². The van der Waals surface area contributed by atoms with Crippen LogP contribution in [0.15, 0.2) is 42.5 Å². The lowest BCUT2D eigenvalue weighted by molar-refractivity contribution is -0.145. The zero-order chi connectivity index (χ0) is 22.5. The normalized spacial score (nSPS) is 20.5. The van der Waals surface area contributed by atoms with Crippen molar-refractivity contribution >= 4 is 11.9 Å². The van der Waals surface area contributed by atoms with Gasteiger partial charge in [0.15, 0.2) is 0 Å². The molecule has 7 heteroatoms. The third-order valence-corrected chi connectivity index (χ3v) is 5.98. The summed E-state index contributed by atoms with van der Waals surface area (Å²) >= 11 is 0. The van der Waals surface area contributed by atoms with Crippen molar-refractivity contribution in [2.45, 2.75) is 44.6 Å². The zero-order valence-corrected chi connectivity index (χ0v) is 17.6. The summed E-state index contributed by atoms with van der Waals surface area (Å²) in [5.41, 5.74) is 0.984. The van der Waals surface area contributed by atoms with E-state index in [-0.39, 0.29) is 29.4 Å². The largest absolute Gasteiger partial charge is 0.497 e. The fourth-order valence-electron chi connectivity index (χ4n) is 3.99. The smallest absolute Gasteiger partial charge is 0.314 e. The number of carboxylic acids is 1. The number of halogens is 1. The third-order valence-electron chi connectivity index (χ3n) is 5.98. The summed E-state index contributed by atoms with van der Waals surface area (Å²) in [5, 5.41) is 19.3. The molecule has 3 rings (SSSR count). The monoisotopic (exact) mass is 430 g/mol. The maximum Gasteiger partial charge on any atom is 0.314 e. The number of aliphatic hydroxyl groups excluding tert-OH is 1. The van der Waals surface area contributed by atoms with Gasteiger partial charge in [-0.05, 0) is 80.0 Å². The SMILES string of the molecule is COc1ccc(F)c(C2CCC(C(=O)Oc3cccc([C@H](O)[C@H](C)C(=O)O)c3)CC2)c1. The van der Waals surface area contributed by atoms with E-state index in [1.807, 2.05) is 0 Å². The molecule has 0 heterocycles. The second-order valence-electron chi connectivity index (χ2n) is 8.00. The number of hydrogen-bond donors (Lipinski definition) is 2. The lowest BCUT2D eigenvalue weighted by atomic mass is 9.78. The van der Waals surface area contributed by atoms with Crippen LogP contribution in [0.5, 0.6) is 11.5 Å². The summed E-state index contributed by atoms with van der Waals surface area (Å²) in [7, 11) is 1.54. The second kappa shape index (κ2) is 9.92. The number of esters is 1. The predicted molar refractivity (Wildman–Crippen MR) is 111 cm³/mol. The third kappa shape index (κ3) is 5.41. The topological polar surface area (TPSA) is 93.1 Å². The predicted octanol–water partition coefficient (Wildman–Crippen LogP) is 4.47. The van der Waals surface area contributed by atoms with Crippen LogP contribution in [-0.4, -0.2) is 29.3 Å². The number of carbonyl (C=O) groups excluding carboxylic acids is 1. The van der Waals surface area contributed by atoms with Crippen molar-refractivity contribution in [3.8, 4) is 11.5 Å². The fraction of sp³-hybridized carbons (Fsp3) is 0.417. The highest BCUT2D eigenvalue weighted by Crippen LogP contribution is 2.38. The number of aliphatic carboxylic acids is 1.